The van der Waals surface area contributed by atoms with Gasteiger partial charge in [0.25, 0.3) is 5.56 Å². The molecule has 0 unspecified atom stereocenters. The van der Waals surface area contributed by atoms with Crippen LogP contribution >= 0.6 is 11.6 Å². The Morgan fingerprint density at radius 2 is 2.09 bits per heavy atom. The second-order valence-electron chi connectivity index (χ2n) is 5.18. The van der Waals surface area contributed by atoms with Crippen molar-refractivity contribution >= 4 is 27.3 Å². The fourth-order valence-corrected chi connectivity index (χ4v) is 4.11. The van der Waals surface area contributed by atoms with Crippen molar-refractivity contribution in [3.8, 4) is 0 Å². The molecular formula is C12H12ClF3N2O4S. The first-order valence-corrected chi connectivity index (χ1v) is 8.65. The number of alkyl halides is 3. The minimum atomic E-state index is -4.71. The van der Waals surface area contributed by atoms with E-state index in [1.807, 2.05) is 0 Å². The van der Waals surface area contributed by atoms with Gasteiger partial charge in [0.1, 0.15) is 11.6 Å². The van der Waals surface area contributed by atoms with Crippen LogP contribution < -0.4 is 10.9 Å². The van der Waals surface area contributed by atoms with Gasteiger partial charge in [0, 0.05) is 12.2 Å². The summed E-state index contributed by atoms with van der Waals surface area (Å²) in [5.41, 5.74) is -2.09. The molecule has 1 atom stereocenters. The standard InChI is InChI=1S/C12H12ClF3N2O4S/c13-9-3-7(12(14,15)16)4-18(11(9)20)5-10(19)17-8-1-2-23(21,22)6-8/h3-4,8H,1-2,5-6H2,(H,17,19)/t8-/m1/s1. The number of sulfone groups is 1. The molecule has 0 saturated carbocycles. The molecule has 6 nitrogen and oxygen atoms in total. The topological polar surface area (TPSA) is 85.2 Å². The number of carbonyl (C=O) groups excluding carboxylic acids is 1. The minimum Gasteiger partial charge on any atom is -0.351 e. The minimum absolute atomic E-state index is 0.0622. The lowest BCUT2D eigenvalue weighted by molar-refractivity contribution is -0.138. The van der Waals surface area contributed by atoms with Gasteiger partial charge in [0.05, 0.1) is 17.1 Å². The van der Waals surface area contributed by atoms with Crippen LogP contribution in [0.25, 0.3) is 0 Å². The predicted octanol–water partition coefficient (Wildman–Crippen LogP) is 0.824. The van der Waals surface area contributed by atoms with E-state index in [0.29, 0.717) is 16.8 Å². The number of aromatic nitrogens is 1. The Morgan fingerprint density at radius 3 is 2.61 bits per heavy atom. The lowest BCUT2D eigenvalue weighted by atomic mass is 10.2. The Bertz CT molecular complexity index is 788. The average Bonchev–Trinajstić information content (AvgIpc) is 2.72. The summed E-state index contributed by atoms with van der Waals surface area (Å²) < 4.78 is 61.2. The molecule has 1 N–H and O–H groups in total. The Hall–Kier alpha value is -1.55. The molecule has 1 aliphatic heterocycles. The summed E-state index contributed by atoms with van der Waals surface area (Å²) in [6.45, 7) is -0.682. The number of hydrogen-bond donors (Lipinski definition) is 1. The molecule has 0 aromatic carbocycles. The number of nitrogens with one attached hydrogen (secondary N) is 1. The molecule has 1 aromatic heterocycles. The van der Waals surface area contributed by atoms with Gasteiger partial charge >= 0.3 is 6.18 Å². The number of pyridine rings is 1. The molecular weight excluding hydrogens is 361 g/mol. The fourth-order valence-electron chi connectivity index (χ4n) is 2.21. The number of carbonyl (C=O) groups is 1. The monoisotopic (exact) mass is 372 g/mol. The van der Waals surface area contributed by atoms with Crippen molar-refractivity contribution in [1.82, 2.24) is 9.88 Å². The maximum Gasteiger partial charge on any atom is 0.417 e. The summed E-state index contributed by atoms with van der Waals surface area (Å²) in [7, 11) is -3.21. The summed E-state index contributed by atoms with van der Waals surface area (Å²) in [5, 5.41) is 1.73. The second kappa shape index (κ2) is 6.16. The van der Waals surface area contributed by atoms with Gasteiger partial charge in [-0.15, -0.1) is 0 Å². The summed E-state index contributed by atoms with van der Waals surface area (Å²) in [6, 6.07) is -0.119. The molecule has 1 amide bonds. The number of rotatable bonds is 3. The molecule has 0 bridgehead atoms. The smallest absolute Gasteiger partial charge is 0.351 e. The lowest BCUT2D eigenvalue weighted by Gasteiger charge is -2.14. The molecule has 0 spiro atoms. The van der Waals surface area contributed by atoms with Crippen LogP contribution in [-0.4, -0.2) is 36.4 Å². The van der Waals surface area contributed by atoms with E-state index in [9.17, 15) is 31.2 Å². The van der Waals surface area contributed by atoms with E-state index in [2.05, 4.69) is 5.32 Å². The van der Waals surface area contributed by atoms with Crippen LogP contribution in [0.15, 0.2) is 17.1 Å². The van der Waals surface area contributed by atoms with Crippen LogP contribution in [0.3, 0.4) is 0 Å². The predicted molar refractivity (Wildman–Crippen MR) is 75.9 cm³/mol. The third-order valence-corrected chi connectivity index (χ3v) is 5.32. The summed E-state index contributed by atoms with van der Waals surface area (Å²) in [6.07, 6.45) is -3.99. The van der Waals surface area contributed by atoms with Gasteiger partial charge in [0.2, 0.25) is 5.91 Å². The Morgan fingerprint density at radius 1 is 1.43 bits per heavy atom. The Balaban J connectivity index is 2.15. The van der Waals surface area contributed by atoms with Crippen LogP contribution in [0.1, 0.15) is 12.0 Å². The van der Waals surface area contributed by atoms with Gasteiger partial charge in [-0.3, -0.25) is 9.59 Å². The largest absolute Gasteiger partial charge is 0.417 e. The van der Waals surface area contributed by atoms with E-state index in [0.717, 1.165) is 0 Å². The van der Waals surface area contributed by atoms with E-state index >= 15 is 0 Å². The molecule has 1 aromatic rings. The molecule has 11 heteroatoms. The first-order chi connectivity index (χ1) is 10.5. The molecule has 23 heavy (non-hydrogen) atoms. The zero-order valence-electron chi connectivity index (χ0n) is 11.6. The third kappa shape index (κ3) is 4.47. The second-order valence-corrected chi connectivity index (χ2v) is 7.81. The van der Waals surface area contributed by atoms with Crippen LogP contribution in [0.4, 0.5) is 13.2 Å². The summed E-state index contributed by atoms with van der Waals surface area (Å²) >= 11 is 5.47. The van der Waals surface area contributed by atoms with Crippen LogP contribution in [0.5, 0.6) is 0 Å². The molecule has 0 aliphatic carbocycles. The molecule has 2 heterocycles. The van der Waals surface area contributed by atoms with Gasteiger partial charge in [-0.05, 0) is 12.5 Å². The van der Waals surface area contributed by atoms with Crippen molar-refractivity contribution in [2.75, 3.05) is 11.5 Å². The van der Waals surface area contributed by atoms with Crippen molar-refractivity contribution in [2.24, 2.45) is 0 Å². The van der Waals surface area contributed by atoms with Crippen molar-refractivity contribution in [3.05, 3.63) is 33.2 Å². The number of hydrogen-bond acceptors (Lipinski definition) is 4. The van der Waals surface area contributed by atoms with E-state index in [1.54, 1.807) is 0 Å². The Labute approximate surface area is 134 Å². The zero-order chi connectivity index (χ0) is 17.4. The highest BCUT2D eigenvalue weighted by atomic mass is 35.5. The van der Waals surface area contributed by atoms with E-state index in [1.165, 1.54) is 0 Å². The SMILES string of the molecule is O=C(Cn1cc(C(F)(F)F)cc(Cl)c1=O)N[C@@H]1CCS(=O)(=O)C1. The molecule has 1 saturated heterocycles. The molecule has 2 rings (SSSR count). The quantitative estimate of drug-likeness (QED) is 0.851. The van der Waals surface area contributed by atoms with Crippen molar-refractivity contribution < 1.29 is 26.4 Å². The molecule has 1 fully saturated rings. The van der Waals surface area contributed by atoms with Crippen LogP contribution in [-0.2, 0) is 27.4 Å². The maximum absolute atomic E-state index is 12.7. The normalized spacial score (nSPS) is 20.4. The highest BCUT2D eigenvalue weighted by molar-refractivity contribution is 7.91. The van der Waals surface area contributed by atoms with Gasteiger partial charge in [0.15, 0.2) is 9.84 Å². The highest BCUT2D eigenvalue weighted by Gasteiger charge is 2.32. The number of amides is 1. The average molecular weight is 373 g/mol. The van der Waals surface area contributed by atoms with E-state index in [4.69, 9.17) is 11.6 Å². The van der Waals surface area contributed by atoms with Gasteiger partial charge < -0.3 is 9.88 Å². The van der Waals surface area contributed by atoms with Crippen LogP contribution in [0.2, 0.25) is 5.02 Å². The van der Waals surface area contributed by atoms with E-state index in [-0.39, 0.29) is 17.9 Å². The van der Waals surface area contributed by atoms with Gasteiger partial charge in [-0.1, -0.05) is 11.6 Å². The molecule has 1 aliphatic rings. The number of halogens is 4. The summed E-state index contributed by atoms with van der Waals surface area (Å²) in [4.78, 5) is 23.5. The number of nitrogens with zero attached hydrogens (tertiary/aromatic N) is 1. The Kier molecular flexibility index (Phi) is 4.76. The maximum atomic E-state index is 12.7. The van der Waals surface area contributed by atoms with Crippen molar-refractivity contribution in [1.29, 1.82) is 0 Å². The zero-order valence-corrected chi connectivity index (χ0v) is 13.1. The van der Waals surface area contributed by atoms with Gasteiger partial charge in [-0.25, -0.2) is 8.42 Å². The van der Waals surface area contributed by atoms with Crippen molar-refractivity contribution in [2.45, 2.75) is 25.2 Å². The van der Waals surface area contributed by atoms with Crippen molar-refractivity contribution in [3.63, 3.8) is 0 Å². The van der Waals surface area contributed by atoms with Crippen LogP contribution in [0, 0.1) is 0 Å². The highest BCUT2D eigenvalue weighted by Crippen LogP contribution is 2.29. The first kappa shape index (κ1) is 17.8. The summed E-state index contributed by atoms with van der Waals surface area (Å²) in [5.74, 6) is -1.05. The third-order valence-electron chi connectivity index (χ3n) is 3.28. The molecule has 0 radical (unpaired) electrons. The fraction of sp³-hybridized carbons (Fsp3) is 0.500. The molecule has 128 valence electrons. The van der Waals surface area contributed by atoms with E-state index < -0.39 is 50.7 Å². The first-order valence-electron chi connectivity index (χ1n) is 6.45. The lowest BCUT2D eigenvalue weighted by Crippen LogP contribution is -2.39. The van der Waals surface area contributed by atoms with Gasteiger partial charge in [-0.2, -0.15) is 13.2 Å².